The highest BCUT2D eigenvalue weighted by Crippen LogP contribution is 1.88. The minimum absolute atomic E-state index is 0.365. The second kappa shape index (κ2) is 6.13. The van der Waals surface area contributed by atoms with Crippen LogP contribution in [0.4, 0.5) is 0 Å². The van der Waals surface area contributed by atoms with Crippen molar-refractivity contribution in [3.05, 3.63) is 12.3 Å². The Balaban J connectivity index is 3.22. The molecule has 3 heteroatoms. The molecule has 0 unspecified atom stereocenters. The quantitative estimate of drug-likeness (QED) is 0.360. The van der Waals surface area contributed by atoms with Crippen LogP contribution in [0, 0.1) is 0 Å². The van der Waals surface area contributed by atoms with Crippen LogP contribution < -0.4 is 5.73 Å². The predicted molar refractivity (Wildman–Crippen MR) is 39.2 cm³/mol. The zero-order valence-corrected chi connectivity index (χ0v) is 6.17. The van der Waals surface area contributed by atoms with Crippen LogP contribution >= 0.6 is 0 Å². The van der Waals surface area contributed by atoms with Crippen LogP contribution in [0.15, 0.2) is 12.3 Å². The molecule has 0 bridgehead atoms. The molecule has 0 aliphatic carbocycles. The van der Waals surface area contributed by atoms with Crippen molar-refractivity contribution >= 4 is 5.97 Å². The Kier molecular flexibility index (Phi) is 5.53. The van der Waals surface area contributed by atoms with E-state index < -0.39 is 0 Å². The van der Waals surface area contributed by atoms with E-state index in [0.717, 1.165) is 12.8 Å². The van der Waals surface area contributed by atoms with E-state index in [1.54, 1.807) is 0 Å². The summed E-state index contributed by atoms with van der Waals surface area (Å²) in [5.74, 6) is -0.365. The summed E-state index contributed by atoms with van der Waals surface area (Å²) in [6.45, 7) is 2.52. The lowest BCUT2D eigenvalue weighted by molar-refractivity contribution is -0.137. The van der Waals surface area contributed by atoms with Crippen LogP contribution in [-0.2, 0) is 9.53 Å². The van der Waals surface area contributed by atoms with Crippen molar-refractivity contribution in [2.75, 3.05) is 6.61 Å². The van der Waals surface area contributed by atoms with Crippen LogP contribution in [0.3, 0.4) is 0 Å². The van der Waals surface area contributed by atoms with Crippen LogP contribution in [0.5, 0.6) is 0 Å². The molecule has 0 radical (unpaired) electrons. The van der Waals surface area contributed by atoms with Gasteiger partial charge in [0.25, 0.3) is 0 Å². The SMILES string of the molecule is CCCCOC(=O)/C=C/N. The molecular weight excluding hydrogens is 130 g/mol. The second-order valence-electron chi connectivity index (χ2n) is 1.88. The third-order valence-electron chi connectivity index (χ3n) is 0.975. The normalized spacial score (nSPS) is 10.1. The van der Waals surface area contributed by atoms with Crippen LogP contribution in [0.1, 0.15) is 19.8 Å². The molecular formula is C7H13NO2. The first kappa shape index (κ1) is 9.01. The summed E-state index contributed by atoms with van der Waals surface area (Å²) in [5, 5.41) is 0. The minimum atomic E-state index is -0.365. The van der Waals surface area contributed by atoms with Gasteiger partial charge in [-0.2, -0.15) is 0 Å². The maximum atomic E-state index is 10.5. The molecule has 0 saturated heterocycles. The van der Waals surface area contributed by atoms with Gasteiger partial charge in [0, 0.05) is 12.3 Å². The predicted octanol–water partition coefficient (Wildman–Crippen LogP) is 0.802. The van der Waals surface area contributed by atoms with Gasteiger partial charge in [0.2, 0.25) is 0 Å². The number of carbonyl (C=O) groups is 1. The smallest absolute Gasteiger partial charge is 0.332 e. The molecule has 0 aromatic rings. The number of ether oxygens (including phenoxy) is 1. The maximum absolute atomic E-state index is 10.5. The Morgan fingerprint density at radius 2 is 2.40 bits per heavy atom. The number of nitrogens with two attached hydrogens (primary N) is 1. The van der Waals surface area contributed by atoms with E-state index in [0.29, 0.717) is 6.61 Å². The van der Waals surface area contributed by atoms with Crippen LogP contribution in [-0.4, -0.2) is 12.6 Å². The summed E-state index contributed by atoms with van der Waals surface area (Å²) in [6.07, 6.45) is 4.31. The number of hydrogen-bond acceptors (Lipinski definition) is 3. The lowest BCUT2D eigenvalue weighted by atomic mass is 10.4. The van der Waals surface area contributed by atoms with Crippen molar-refractivity contribution in [1.29, 1.82) is 0 Å². The van der Waals surface area contributed by atoms with Crippen LogP contribution in [0.25, 0.3) is 0 Å². The molecule has 3 nitrogen and oxygen atoms in total. The second-order valence-corrected chi connectivity index (χ2v) is 1.88. The highest BCUT2D eigenvalue weighted by atomic mass is 16.5. The van der Waals surface area contributed by atoms with Gasteiger partial charge in [-0.25, -0.2) is 4.79 Å². The Morgan fingerprint density at radius 1 is 1.70 bits per heavy atom. The minimum Gasteiger partial charge on any atom is -0.462 e. The molecule has 0 aromatic heterocycles. The number of carbonyl (C=O) groups excluding carboxylic acids is 1. The van der Waals surface area contributed by atoms with Gasteiger partial charge in [0.05, 0.1) is 6.61 Å². The largest absolute Gasteiger partial charge is 0.462 e. The van der Waals surface area contributed by atoms with Crippen molar-refractivity contribution in [2.45, 2.75) is 19.8 Å². The van der Waals surface area contributed by atoms with Gasteiger partial charge in [-0.15, -0.1) is 0 Å². The van der Waals surface area contributed by atoms with Gasteiger partial charge in [-0.3, -0.25) is 0 Å². The fourth-order valence-electron chi connectivity index (χ4n) is 0.444. The number of esters is 1. The van der Waals surface area contributed by atoms with E-state index in [-0.39, 0.29) is 5.97 Å². The summed E-state index contributed by atoms with van der Waals surface area (Å²) < 4.78 is 4.72. The Labute approximate surface area is 60.9 Å². The molecule has 0 spiro atoms. The van der Waals surface area contributed by atoms with Gasteiger partial charge >= 0.3 is 5.97 Å². The van der Waals surface area contributed by atoms with E-state index in [1.165, 1.54) is 12.3 Å². The highest BCUT2D eigenvalue weighted by molar-refractivity contribution is 5.81. The van der Waals surface area contributed by atoms with Crippen molar-refractivity contribution in [1.82, 2.24) is 0 Å². The molecule has 58 valence electrons. The van der Waals surface area contributed by atoms with E-state index >= 15 is 0 Å². The number of unbranched alkanes of at least 4 members (excludes halogenated alkanes) is 1. The highest BCUT2D eigenvalue weighted by Gasteiger charge is 1.92. The number of rotatable bonds is 4. The van der Waals surface area contributed by atoms with Gasteiger partial charge in [-0.1, -0.05) is 13.3 Å². The standard InChI is InChI=1S/C7H13NO2/c1-2-3-6-10-7(9)4-5-8/h4-5H,2-3,6,8H2,1H3/b5-4+. The molecule has 10 heavy (non-hydrogen) atoms. The third-order valence-corrected chi connectivity index (χ3v) is 0.975. The molecule has 0 aliphatic heterocycles. The fourth-order valence-corrected chi connectivity index (χ4v) is 0.444. The van der Waals surface area contributed by atoms with Crippen molar-refractivity contribution < 1.29 is 9.53 Å². The number of hydrogen-bond donors (Lipinski definition) is 1. The Morgan fingerprint density at radius 3 is 2.90 bits per heavy atom. The molecule has 0 saturated carbocycles. The van der Waals surface area contributed by atoms with Crippen LogP contribution in [0.2, 0.25) is 0 Å². The molecule has 0 aliphatic rings. The summed E-state index contributed by atoms with van der Waals surface area (Å²) in [5.41, 5.74) is 4.95. The first-order valence-corrected chi connectivity index (χ1v) is 3.36. The molecule has 0 atom stereocenters. The van der Waals surface area contributed by atoms with E-state index in [2.05, 4.69) is 0 Å². The van der Waals surface area contributed by atoms with E-state index in [9.17, 15) is 4.79 Å². The zero-order chi connectivity index (χ0) is 7.82. The van der Waals surface area contributed by atoms with Gasteiger partial charge in [0.15, 0.2) is 0 Å². The van der Waals surface area contributed by atoms with E-state index in [4.69, 9.17) is 10.5 Å². The maximum Gasteiger partial charge on any atom is 0.332 e. The molecule has 2 N–H and O–H groups in total. The van der Waals surface area contributed by atoms with E-state index in [1.807, 2.05) is 6.92 Å². The van der Waals surface area contributed by atoms with Crippen molar-refractivity contribution in [3.8, 4) is 0 Å². The first-order valence-electron chi connectivity index (χ1n) is 3.36. The summed E-state index contributed by atoms with van der Waals surface area (Å²) in [7, 11) is 0. The van der Waals surface area contributed by atoms with Gasteiger partial charge < -0.3 is 10.5 Å². The third kappa shape index (κ3) is 5.15. The first-order chi connectivity index (χ1) is 4.81. The summed E-state index contributed by atoms with van der Waals surface area (Å²) in [4.78, 5) is 10.5. The van der Waals surface area contributed by atoms with Gasteiger partial charge in [-0.05, 0) is 6.42 Å². The summed E-state index contributed by atoms with van der Waals surface area (Å²) in [6, 6.07) is 0. The average Bonchev–Trinajstić information content (AvgIpc) is 1.89. The topological polar surface area (TPSA) is 52.3 Å². The molecule has 0 fully saturated rings. The van der Waals surface area contributed by atoms with Crippen molar-refractivity contribution in [3.63, 3.8) is 0 Å². The lowest BCUT2D eigenvalue weighted by Crippen LogP contribution is -2.02. The van der Waals surface area contributed by atoms with Crippen molar-refractivity contribution in [2.24, 2.45) is 5.73 Å². The average molecular weight is 143 g/mol. The van der Waals surface area contributed by atoms with Gasteiger partial charge in [0.1, 0.15) is 0 Å². The summed E-state index contributed by atoms with van der Waals surface area (Å²) >= 11 is 0. The fraction of sp³-hybridized carbons (Fsp3) is 0.571. The molecule has 0 aromatic carbocycles. The monoisotopic (exact) mass is 143 g/mol. The Bertz CT molecular complexity index is 121. The molecule has 0 rings (SSSR count). The molecule has 0 amide bonds. The zero-order valence-electron chi connectivity index (χ0n) is 6.17. The lowest BCUT2D eigenvalue weighted by Gasteiger charge is -1.97. The molecule has 0 heterocycles. The Hall–Kier alpha value is -0.990.